The second-order valence-electron chi connectivity index (χ2n) is 5.17. The standard InChI is InChI=1S/C15H23N3O2/c1-12(14-6-4-5-7-16-14)17-8-10-18(11-9-17)15(19)13(2)20-3/h4-7,12-13H,8-11H2,1-3H3/t12-,13+/m1/s1. The number of hydrogen-bond donors (Lipinski definition) is 0. The Hall–Kier alpha value is -1.46. The molecule has 0 aromatic carbocycles. The van der Waals surface area contributed by atoms with Crippen LogP contribution in [0.3, 0.4) is 0 Å². The fourth-order valence-electron chi connectivity index (χ4n) is 2.50. The molecule has 1 saturated heterocycles. The summed E-state index contributed by atoms with van der Waals surface area (Å²) in [5.41, 5.74) is 1.08. The number of carbonyl (C=O) groups excluding carboxylic acids is 1. The highest BCUT2D eigenvalue weighted by Crippen LogP contribution is 2.19. The van der Waals surface area contributed by atoms with Gasteiger partial charge in [0.25, 0.3) is 5.91 Å². The molecule has 1 aromatic heterocycles. The van der Waals surface area contributed by atoms with Crippen LogP contribution in [0.4, 0.5) is 0 Å². The zero-order chi connectivity index (χ0) is 14.5. The zero-order valence-electron chi connectivity index (χ0n) is 12.5. The van der Waals surface area contributed by atoms with Crippen LogP contribution in [-0.2, 0) is 9.53 Å². The molecule has 0 unspecified atom stereocenters. The SMILES string of the molecule is CO[C@@H](C)C(=O)N1CCN([C@H](C)c2ccccn2)CC1. The van der Waals surface area contributed by atoms with Crippen LogP contribution in [0.5, 0.6) is 0 Å². The lowest BCUT2D eigenvalue weighted by atomic mass is 10.1. The molecule has 110 valence electrons. The summed E-state index contributed by atoms with van der Waals surface area (Å²) in [7, 11) is 1.57. The molecule has 2 rings (SSSR count). The average molecular weight is 277 g/mol. The Bertz CT molecular complexity index is 430. The summed E-state index contributed by atoms with van der Waals surface area (Å²) in [5, 5.41) is 0. The molecule has 1 aliphatic rings. The molecular weight excluding hydrogens is 254 g/mol. The third-order valence-electron chi connectivity index (χ3n) is 3.99. The number of aromatic nitrogens is 1. The molecular formula is C15H23N3O2. The van der Waals surface area contributed by atoms with Crippen molar-refractivity contribution in [3.8, 4) is 0 Å². The molecule has 5 heteroatoms. The van der Waals surface area contributed by atoms with Gasteiger partial charge in [0.15, 0.2) is 0 Å². The van der Waals surface area contributed by atoms with Gasteiger partial charge in [0.2, 0.25) is 0 Å². The highest BCUT2D eigenvalue weighted by Gasteiger charge is 2.27. The van der Waals surface area contributed by atoms with Crippen molar-refractivity contribution in [1.29, 1.82) is 0 Å². The Labute approximate surface area is 120 Å². The maximum Gasteiger partial charge on any atom is 0.251 e. The van der Waals surface area contributed by atoms with Crippen LogP contribution in [0, 0.1) is 0 Å². The van der Waals surface area contributed by atoms with Crippen molar-refractivity contribution >= 4 is 5.91 Å². The van der Waals surface area contributed by atoms with Crippen LogP contribution in [-0.4, -0.2) is 60.1 Å². The number of nitrogens with zero attached hydrogens (tertiary/aromatic N) is 3. The molecule has 2 atom stereocenters. The first-order chi connectivity index (χ1) is 9.63. The predicted molar refractivity (Wildman–Crippen MR) is 77.3 cm³/mol. The van der Waals surface area contributed by atoms with Crippen LogP contribution >= 0.6 is 0 Å². The van der Waals surface area contributed by atoms with E-state index in [1.807, 2.05) is 23.2 Å². The Kier molecular flexibility index (Phi) is 5.09. The van der Waals surface area contributed by atoms with Gasteiger partial charge in [-0.1, -0.05) is 6.07 Å². The number of rotatable bonds is 4. The molecule has 1 fully saturated rings. The summed E-state index contributed by atoms with van der Waals surface area (Å²) in [6.45, 7) is 7.22. The summed E-state index contributed by atoms with van der Waals surface area (Å²) < 4.78 is 5.09. The van der Waals surface area contributed by atoms with E-state index in [-0.39, 0.29) is 18.1 Å². The molecule has 0 saturated carbocycles. The minimum absolute atomic E-state index is 0.0811. The molecule has 0 N–H and O–H groups in total. The molecule has 0 spiro atoms. The third kappa shape index (κ3) is 3.35. The van der Waals surface area contributed by atoms with E-state index in [1.54, 1.807) is 14.0 Å². The van der Waals surface area contributed by atoms with E-state index < -0.39 is 0 Å². The van der Waals surface area contributed by atoms with Crippen molar-refractivity contribution in [3.63, 3.8) is 0 Å². The number of pyridine rings is 1. The number of amides is 1. The highest BCUT2D eigenvalue weighted by molar-refractivity contribution is 5.80. The van der Waals surface area contributed by atoms with Gasteiger partial charge in [0.05, 0.1) is 5.69 Å². The van der Waals surface area contributed by atoms with E-state index in [4.69, 9.17) is 4.74 Å². The van der Waals surface area contributed by atoms with Gasteiger partial charge in [-0.05, 0) is 26.0 Å². The summed E-state index contributed by atoms with van der Waals surface area (Å²) in [5.74, 6) is 0.0811. The van der Waals surface area contributed by atoms with Gasteiger partial charge in [-0.25, -0.2) is 0 Å². The van der Waals surface area contributed by atoms with E-state index in [0.29, 0.717) is 0 Å². The largest absolute Gasteiger partial charge is 0.372 e. The lowest BCUT2D eigenvalue weighted by Crippen LogP contribution is -2.51. The normalized spacial score (nSPS) is 19.6. The summed E-state index contributed by atoms with van der Waals surface area (Å²) in [6, 6.07) is 6.28. The van der Waals surface area contributed by atoms with Gasteiger partial charge in [-0.2, -0.15) is 0 Å². The first-order valence-corrected chi connectivity index (χ1v) is 7.10. The molecule has 0 radical (unpaired) electrons. The fraction of sp³-hybridized carbons (Fsp3) is 0.600. The van der Waals surface area contributed by atoms with Crippen LogP contribution in [0.1, 0.15) is 25.6 Å². The molecule has 0 bridgehead atoms. The molecule has 1 aromatic rings. The Morgan fingerprint density at radius 1 is 1.25 bits per heavy atom. The van der Waals surface area contributed by atoms with Crippen molar-refractivity contribution in [2.45, 2.75) is 26.0 Å². The average Bonchev–Trinajstić information content (AvgIpc) is 2.53. The monoisotopic (exact) mass is 277 g/mol. The van der Waals surface area contributed by atoms with Crippen LogP contribution in [0.25, 0.3) is 0 Å². The van der Waals surface area contributed by atoms with Crippen molar-refractivity contribution in [1.82, 2.24) is 14.8 Å². The first-order valence-electron chi connectivity index (χ1n) is 7.10. The van der Waals surface area contributed by atoms with E-state index in [2.05, 4.69) is 22.9 Å². The minimum atomic E-state index is -0.352. The second-order valence-corrected chi connectivity index (χ2v) is 5.17. The number of piperazine rings is 1. The molecule has 5 nitrogen and oxygen atoms in total. The van der Waals surface area contributed by atoms with Crippen LogP contribution in [0.2, 0.25) is 0 Å². The smallest absolute Gasteiger partial charge is 0.251 e. The van der Waals surface area contributed by atoms with E-state index >= 15 is 0 Å². The Morgan fingerprint density at radius 2 is 1.95 bits per heavy atom. The fourth-order valence-corrected chi connectivity index (χ4v) is 2.50. The van der Waals surface area contributed by atoms with Crippen LogP contribution in [0.15, 0.2) is 24.4 Å². The molecule has 1 amide bonds. The van der Waals surface area contributed by atoms with Gasteiger partial charge >= 0.3 is 0 Å². The predicted octanol–water partition coefficient (Wildman–Crippen LogP) is 1.32. The quantitative estimate of drug-likeness (QED) is 0.833. The van der Waals surface area contributed by atoms with E-state index in [0.717, 1.165) is 31.9 Å². The van der Waals surface area contributed by atoms with Crippen LogP contribution < -0.4 is 0 Å². The number of carbonyl (C=O) groups is 1. The number of methoxy groups -OCH3 is 1. The summed E-state index contributed by atoms with van der Waals surface area (Å²) in [4.78, 5) is 20.7. The Balaban J connectivity index is 1.90. The first kappa shape index (κ1) is 14.9. The third-order valence-corrected chi connectivity index (χ3v) is 3.99. The lowest BCUT2D eigenvalue weighted by Gasteiger charge is -2.38. The van der Waals surface area contributed by atoms with Crippen molar-refractivity contribution in [2.75, 3.05) is 33.3 Å². The summed E-state index contributed by atoms with van der Waals surface area (Å²) in [6.07, 6.45) is 1.47. The molecule has 0 aliphatic carbocycles. The topological polar surface area (TPSA) is 45.7 Å². The zero-order valence-corrected chi connectivity index (χ0v) is 12.5. The van der Waals surface area contributed by atoms with E-state index in [9.17, 15) is 4.79 Å². The van der Waals surface area contributed by atoms with Crippen molar-refractivity contribution in [3.05, 3.63) is 30.1 Å². The highest BCUT2D eigenvalue weighted by atomic mass is 16.5. The van der Waals surface area contributed by atoms with Gasteiger partial charge in [-0.15, -0.1) is 0 Å². The van der Waals surface area contributed by atoms with Crippen molar-refractivity contribution < 1.29 is 9.53 Å². The molecule has 1 aliphatic heterocycles. The number of hydrogen-bond acceptors (Lipinski definition) is 4. The molecule has 20 heavy (non-hydrogen) atoms. The van der Waals surface area contributed by atoms with Gasteiger partial charge in [-0.3, -0.25) is 14.7 Å². The minimum Gasteiger partial charge on any atom is -0.372 e. The number of ether oxygens (including phenoxy) is 1. The Morgan fingerprint density at radius 3 is 2.50 bits per heavy atom. The maximum absolute atomic E-state index is 12.0. The van der Waals surface area contributed by atoms with Gasteiger partial charge < -0.3 is 9.64 Å². The summed E-state index contributed by atoms with van der Waals surface area (Å²) >= 11 is 0. The van der Waals surface area contributed by atoms with Crippen molar-refractivity contribution in [2.24, 2.45) is 0 Å². The maximum atomic E-state index is 12.0. The van der Waals surface area contributed by atoms with E-state index in [1.165, 1.54) is 0 Å². The molecule has 2 heterocycles. The lowest BCUT2D eigenvalue weighted by molar-refractivity contribution is -0.143. The second kappa shape index (κ2) is 6.81. The van der Waals surface area contributed by atoms with Gasteiger partial charge in [0.1, 0.15) is 6.10 Å². The van der Waals surface area contributed by atoms with Gasteiger partial charge in [0, 0.05) is 45.5 Å².